The van der Waals surface area contributed by atoms with Crippen molar-refractivity contribution in [1.29, 1.82) is 0 Å². The molecule has 152 valence electrons. The van der Waals surface area contributed by atoms with Gasteiger partial charge in [0.15, 0.2) is 6.61 Å². The first-order valence-electron chi connectivity index (χ1n) is 9.43. The molecule has 0 unspecified atom stereocenters. The Hall–Kier alpha value is -3.42. The van der Waals surface area contributed by atoms with Gasteiger partial charge in [0, 0.05) is 36.1 Å². The van der Waals surface area contributed by atoms with Gasteiger partial charge in [-0.15, -0.1) is 0 Å². The lowest BCUT2D eigenvalue weighted by atomic mass is 10.1. The van der Waals surface area contributed by atoms with E-state index in [0.29, 0.717) is 11.3 Å². The fourth-order valence-corrected chi connectivity index (χ4v) is 3.29. The van der Waals surface area contributed by atoms with E-state index in [9.17, 15) is 19.7 Å². The smallest absolute Gasteiger partial charge is 0.338 e. The normalized spacial score (nSPS) is 13.2. The molecule has 1 saturated heterocycles. The van der Waals surface area contributed by atoms with Crippen LogP contribution >= 0.6 is 0 Å². The summed E-state index contributed by atoms with van der Waals surface area (Å²) in [6, 6.07) is 9.89. The van der Waals surface area contributed by atoms with Gasteiger partial charge >= 0.3 is 5.97 Å². The average molecular weight is 397 g/mol. The van der Waals surface area contributed by atoms with E-state index < -0.39 is 23.4 Å². The molecule has 0 bridgehead atoms. The van der Waals surface area contributed by atoms with Gasteiger partial charge < -0.3 is 15.0 Å². The third kappa shape index (κ3) is 4.90. The molecule has 0 spiro atoms. The number of hydrogen-bond donors (Lipinski definition) is 1. The Kier molecular flexibility index (Phi) is 6.11. The van der Waals surface area contributed by atoms with Crippen LogP contribution in [0.15, 0.2) is 36.4 Å². The van der Waals surface area contributed by atoms with E-state index in [1.807, 2.05) is 25.1 Å². The Morgan fingerprint density at radius 2 is 1.83 bits per heavy atom. The van der Waals surface area contributed by atoms with Gasteiger partial charge in [0.25, 0.3) is 11.6 Å². The van der Waals surface area contributed by atoms with E-state index in [1.54, 1.807) is 6.92 Å². The van der Waals surface area contributed by atoms with E-state index in [-0.39, 0.29) is 11.3 Å². The van der Waals surface area contributed by atoms with Crippen LogP contribution in [-0.4, -0.2) is 36.5 Å². The Labute approximate surface area is 168 Å². The fraction of sp³-hybridized carbons (Fsp3) is 0.333. The number of anilines is 2. The predicted molar refractivity (Wildman–Crippen MR) is 109 cm³/mol. The van der Waals surface area contributed by atoms with Gasteiger partial charge in [-0.1, -0.05) is 6.07 Å². The Bertz CT molecular complexity index is 951. The first-order valence-corrected chi connectivity index (χ1v) is 9.43. The number of nitro benzene ring substituents is 1. The largest absolute Gasteiger partial charge is 0.452 e. The standard InChI is InChI=1S/C21H23N3O5/c1-14-5-6-16(12-19(14)24(27)28)21(26)29-13-20(25)22-18-8-7-17(11-15(18)2)23-9-3-4-10-23/h5-8,11-12H,3-4,9-10,13H2,1-2H3,(H,22,25). The molecule has 0 atom stereocenters. The van der Waals surface area contributed by atoms with Gasteiger partial charge in [0.1, 0.15) is 0 Å². The number of nitrogens with zero attached hydrogens (tertiary/aromatic N) is 2. The van der Waals surface area contributed by atoms with Gasteiger partial charge in [0.05, 0.1) is 10.5 Å². The molecule has 1 amide bonds. The molecule has 3 rings (SSSR count). The van der Waals surface area contributed by atoms with Crippen LogP contribution in [0.1, 0.15) is 34.3 Å². The van der Waals surface area contributed by atoms with Crippen LogP contribution in [0.3, 0.4) is 0 Å². The summed E-state index contributed by atoms with van der Waals surface area (Å²) in [6.07, 6.45) is 2.38. The minimum Gasteiger partial charge on any atom is -0.452 e. The first kappa shape index (κ1) is 20.3. The molecule has 8 nitrogen and oxygen atoms in total. The third-order valence-corrected chi connectivity index (χ3v) is 4.93. The zero-order chi connectivity index (χ0) is 21.0. The lowest BCUT2D eigenvalue weighted by Crippen LogP contribution is -2.22. The summed E-state index contributed by atoms with van der Waals surface area (Å²) in [5.74, 6) is -1.26. The van der Waals surface area contributed by atoms with Crippen LogP contribution in [0.25, 0.3) is 0 Å². The van der Waals surface area contributed by atoms with Crippen molar-refractivity contribution in [3.05, 3.63) is 63.2 Å². The van der Waals surface area contributed by atoms with Gasteiger partial charge in [-0.05, 0) is 56.5 Å². The van der Waals surface area contributed by atoms with Crippen molar-refractivity contribution in [2.75, 3.05) is 29.9 Å². The molecule has 2 aromatic carbocycles. The second-order valence-corrected chi connectivity index (χ2v) is 7.08. The molecule has 1 aliphatic rings. The topological polar surface area (TPSA) is 102 Å². The highest BCUT2D eigenvalue weighted by Gasteiger charge is 2.17. The minimum atomic E-state index is -0.788. The van der Waals surface area contributed by atoms with E-state index in [1.165, 1.54) is 25.0 Å². The SMILES string of the molecule is Cc1cc(N2CCCC2)ccc1NC(=O)COC(=O)c1ccc(C)c([N+](=O)[O-])c1. The molecule has 2 aromatic rings. The number of hydrogen-bond acceptors (Lipinski definition) is 6. The molecule has 1 aliphatic heterocycles. The lowest BCUT2D eigenvalue weighted by Gasteiger charge is -2.19. The number of nitrogens with one attached hydrogen (secondary N) is 1. The van der Waals surface area contributed by atoms with Crippen LogP contribution in [0.4, 0.5) is 17.1 Å². The summed E-state index contributed by atoms with van der Waals surface area (Å²) in [7, 11) is 0. The van der Waals surface area contributed by atoms with Crippen molar-refractivity contribution in [2.24, 2.45) is 0 Å². The van der Waals surface area contributed by atoms with Crippen molar-refractivity contribution in [2.45, 2.75) is 26.7 Å². The van der Waals surface area contributed by atoms with Crippen LogP contribution in [0.5, 0.6) is 0 Å². The number of esters is 1. The highest BCUT2D eigenvalue weighted by Crippen LogP contribution is 2.25. The van der Waals surface area contributed by atoms with Crippen molar-refractivity contribution < 1.29 is 19.2 Å². The quantitative estimate of drug-likeness (QED) is 0.454. The predicted octanol–water partition coefficient (Wildman–Crippen LogP) is 3.61. The number of aryl methyl sites for hydroxylation is 2. The highest BCUT2D eigenvalue weighted by molar-refractivity contribution is 5.96. The molecule has 0 radical (unpaired) electrons. The number of rotatable bonds is 6. The van der Waals surface area contributed by atoms with Gasteiger partial charge in [-0.2, -0.15) is 0 Å². The number of carbonyl (C=O) groups excluding carboxylic acids is 2. The fourth-order valence-electron chi connectivity index (χ4n) is 3.29. The van der Waals surface area contributed by atoms with E-state index in [0.717, 1.165) is 30.4 Å². The van der Waals surface area contributed by atoms with Crippen LogP contribution in [0, 0.1) is 24.0 Å². The maximum absolute atomic E-state index is 12.2. The van der Waals surface area contributed by atoms with Crippen LogP contribution in [-0.2, 0) is 9.53 Å². The maximum atomic E-state index is 12.2. The lowest BCUT2D eigenvalue weighted by molar-refractivity contribution is -0.385. The highest BCUT2D eigenvalue weighted by atomic mass is 16.6. The summed E-state index contributed by atoms with van der Waals surface area (Å²) in [5.41, 5.74) is 3.00. The monoisotopic (exact) mass is 397 g/mol. The van der Waals surface area contributed by atoms with E-state index in [4.69, 9.17) is 4.74 Å². The second-order valence-electron chi connectivity index (χ2n) is 7.08. The van der Waals surface area contributed by atoms with Crippen molar-refractivity contribution in [3.8, 4) is 0 Å². The Morgan fingerprint density at radius 3 is 2.48 bits per heavy atom. The molecular formula is C21H23N3O5. The number of ether oxygens (including phenoxy) is 1. The summed E-state index contributed by atoms with van der Waals surface area (Å²) in [5, 5.41) is 13.7. The second kappa shape index (κ2) is 8.72. The summed E-state index contributed by atoms with van der Waals surface area (Å²) >= 11 is 0. The Morgan fingerprint density at radius 1 is 1.10 bits per heavy atom. The third-order valence-electron chi connectivity index (χ3n) is 4.93. The van der Waals surface area contributed by atoms with E-state index >= 15 is 0 Å². The molecule has 1 fully saturated rings. The van der Waals surface area contributed by atoms with Crippen molar-refractivity contribution in [1.82, 2.24) is 0 Å². The van der Waals surface area contributed by atoms with Crippen LogP contribution in [0.2, 0.25) is 0 Å². The van der Waals surface area contributed by atoms with Crippen molar-refractivity contribution >= 4 is 28.9 Å². The number of carbonyl (C=O) groups is 2. The number of amides is 1. The maximum Gasteiger partial charge on any atom is 0.338 e. The van der Waals surface area contributed by atoms with Crippen molar-refractivity contribution in [3.63, 3.8) is 0 Å². The average Bonchev–Trinajstić information content (AvgIpc) is 3.22. The number of benzene rings is 2. The minimum absolute atomic E-state index is 0.0289. The molecule has 0 aliphatic carbocycles. The summed E-state index contributed by atoms with van der Waals surface area (Å²) < 4.78 is 5.00. The Balaban J connectivity index is 1.58. The molecule has 0 saturated carbocycles. The zero-order valence-corrected chi connectivity index (χ0v) is 16.4. The molecule has 8 heteroatoms. The molecule has 1 heterocycles. The first-order chi connectivity index (χ1) is 13.8. The summed E-state index contributed by atoms with van der Waals surface area (Å²) in [6.45, 7) is 5.09. The zero-order valence-electron chi connectivity index (χ0n) is 16.4. The van der Waals surface area contributed by atoms with Crippen LogP contribution < -0.4 is 10.2 Å². The molecular weight excluding hydrogens is 374 g/mol. The van der Waals surface area contributed by atoms with Gasteiger partial charge in [-0.3, -0.25) is 14.9 Å². The van der Waals surface area contributed by atoms with Gasteiger partial charge in [0.2, 0.25) is 0 Å². The summed E-state index contributed by atoms with van der Waals surface area (Å²) in [4.78, 5) is 37.0. The molecule has 1 N–H and O–H groups in total. The molecule has 0 aromatic heterocycles. The van der Waals surface area contributed by atoms with E-state index in [2.05, 4.69) is 10.2 Å². The molecule has 29 heavy (non-hydrogen) atoms. The van der Waals surface area contributed by atoms with Gasteiger partial charge in [-0.25, -0.2) is 4.79 Å². The number of nitro groups is 1.